The number of halogens is 1. The minimum Gasteiger partial charge on any atom is -0.341 e. The summed E-state index contributed by atoms with van der Waals surface area (Å²) in [5.41, 5.74) is 0.879. The van der Waals surface area contributed by atoms with Crippen LogP contribution in [0.1, 0.15) is 5.56 Å². The molecule has 1 aromatic carbocycles. The Morgan fingerprint density at radius 1 is 1.25 bits per heavy atom. The second-order valence-corrected chi connectivity index (χ2v) is 5.02. The Labute approximate surface area is 98.8 Å². The van der Waals surface area contributed by atoms with Gasteiger partial charge in [-0.3, -0.25) is 4.79 Å². The first-order valence-electron chi connectivity index (χ1n) is 5.35. The Bertz CT molecular complexity index is 360. The fraction of sp³-hybridized carbons (Fsp3) is 0.417. The van der Waals surface area contributed by atoms with Crippen molar-refractivity contribution >= 4 is 17.7 Å². The maximum atomic E-state index is 12.7. The van der Waals surface area contributed by atoms with Gasteiger partial charge < -0.3 is 4.90 Å². The third-order valence-electron chi connectivity index (χ3n) is 2.63. The molecule has 2 rings (SSSR count). The van der Waals surface area contributed by atoms with Gasteiger partial charge in [-0.2, -0.15) is 11.8 Å². The molecule has 0 unspecified atom stereocenters. The van der Waals surface area contributed by atoms with Crippen molar-refractivity contribution in [1.29, 1.82) is 0 Å². The summed E-state index contributed by atoms with van der Waals surface area (Å²) >= 11 is 1.88. The molecular formula is C12H14FNOS. The smallest absolute Gasteiger partial charge is 0.227 e. The zero-order valence-corrected chi connectivity index (χ0v) is 9.80. The molecule has 1 fully saturated rings. The van der Waals surface area contributed by atoms with Crippen LogP contribution >= 0.6 is 11.8 Å². The molecule has 0 aromatic heterocycles. The van der Waals surface area contributed by atoms with Crippen molar-refractivity contribution in [1.82, 2.24) is 4.90 Å². The normalized spacial score (nSPS) is 16.2. The van der Waals surface area contributed by atoms with Gasteiger partial charge in [0.05, 0.1) is 6.42 Å². The maximum Gasteiger partial charge on any atom is 0.227 e. The van der Waals surface area contributed by atoms with Crippen molar-refractivity contribution in [3.05, 3.63) is 35.6 Å². The van der Waals surface area contributed by atoms with E-state index in [1.54, 1.807) is 12.1 Å². The molecule has 1 heterocycles. The zero-order chi connectivity index (χ0) is 11.4. The molecule has 0 radical (unpaired) electrons. The van der Waals surface area contributed by atoms with Gasteiger partial charge in [0, 0.05) is 24.6 Å². The van der Waals surface area contributed by atoms with Crippen LogP contribution in [0.4, 0.5) is 4.39 Å². The van der Waals surface area contributed by atoms with Gasteiger partial charge in [0.2, 0.25) is 5.91 Å². The van der Waals surface area contributed by atoms with Gasteiger partial charge in [0.1, 0.15) is 5.82 Å². The van der Waals surface area contributed by atoms with E-state index in [9.17, 15) is 9.18 Å². The Balaban J connectivity index is 1.93. The molecule has 4 heteroatoms. The molecule has 1 saturated heterocycles. The number of carbonyl (C=O) groups excluding carboxylic acids is 1. The quantitative estimate of drug-likeness (QED) is 0.786. The standard InChI is InChI=1S/C12H14FNOS/c13-11-3-1-10(2-4-11)9-12(15)14-5-7-16-8-6-14/h1-4H,5-9H2. The van der Waals surface area contributed by atoms with Gasteiger partial charge in [0.15, 0.2) is 0 Å². The second-order valence-electron chi connectivity index (χ2n) is 3.80. The zero-order valence-electron chi connectivity index (χ0n) is 8.99. The summed E-state index contributed by atoms with van der Waals surface area (Å²) in [7, 11) is 0. The molecule has 1 amide bonds. The van der Waals surface area contributed by atoms with Gasteiger partial charge in [-0.1, -0.05) is 12.1 Å². The number of benzene rings is 1. The number of hydrogen-bond donors (Lipinski definition) is 0. The summed E-state index contributed by atoms with van der Waals surface area (Å²) in [6.45, 7) is 1.68. The average molecular weight is 239 g/mol. The molecule has 0 bridgehead atoms. The highest BCUT2D eigenvalue weighted by Gasteiger charge is 2.16. The van der Waals surface area contributed by atoms with E-state index in [4.69, 9.17) is 0 Å². The number of hydrogen-bond acceptors (Lipinski definition) is 2. The predicted molar refractivity (Wildman–Crippen MR) is 64.0 cm³/mol. The molecule has 0 spiro atoms. The van der Waals surface area contributed by atoms with E-state index in [0.717, 1.165) is 30.2 Å². The number of amides is 1. The molecule has 16 heavy (non-hydrogen) atoms. The molecule has 1 aliphatic heterocycles. The van der Waals surface area contributed by atoms with Crippen LogP contribution in [-0.4, -0.2) is 35.4 Å². The molecule has 86 valence electrons. The van der Waals surface area contributed by atoms with Gasteiger partial charge in [-0.05, 0) is 17.7 Å². The molecular weight excluding hydrogens is 225 g/mol. The predicted octanol–water partition coefficient (Wildman–Crippen LogP) is 1.94. The van der Waals surface area contributed by atoms with Crippen molar-refractivity contribution in [2.75, 3.05) is 24.6 Å². The number of nitrogens with zero attached hydrogens (tertiary/aromatic N) is 1. The van der Waals surface area contributed by atoms with Crippen LogP contribution in [0.15, 0.2) is 24.3 Å². The lowest BCUT2D eigenvalue weighted by Crippen LogP contribution is -2.38. The van der Waals surface area contributed by atoms with E-state index in [2.05, 4.69) is 0 Å². The fourth-order valence-electron chi connectivity index (χ4n) is 1.70. The van der Waals surface area contributed by atoms with E-state index >= 15 is 0 Å². The molecule has 0 atom stereocenters. The van der Waals surface area contributed by atoms with E-state index in [1.165, 1.54) is 12.1 Å². The first-order valence-corrected chi connectivity index (χ1v) is 6.51. The second kappa shape index (κ2) is 5.34. The molecule has 1 aliphatic rings. The van der Waals surface area contributed by atoms with Gasteiger partial charge in [-0.25, -0.2) is 4.39 Å². The molecule has 1 aromatic rings. The van der Waals surface area contributed by atoms with Crippen LogP contribution < -0.4 is 0 Å². The van der Waals surface area contributed by atoms with Crippen molar-refractivity contribution in [2.45, 2.75) is 6.42 Å². The number of rotatable bonds is 2. The van der Waals surface area contributed by atoms with Gasteiger partial charge in [-0.15, -0.1) is 0 Å². The third kappa shape index (κ3) is 2.98. The summed E-state index contributed by atoms with van der Waals surface area (Å²) in [5.74, 6) is 1.93. The van der Waals surface area contributed by atoms with E-state index in [1.807, 2.05) is 16.7 Å². The third-order valence-corrected chi connectivity index (χ3v) is 3.57. The Hall–Kier alpha value is -1.03. The highest BCUT2D eigenvalue weighted by Crippen LogP contribution is 2.11. The monoisotopic (exact) mass is 239 g/mol. The van der Waals surface area contributed by atoms with Crippen LogP contribution in [0, 0.1) is 5.82 Å². The summed E-state index contributed by atoms with van der Waals surface area (Å²) < 4.78 is 12.7. The minimum atomic E-state index is -0.259. The Morgan fingerprint density at radius 2 is 1.88 bits per heavy atom. The van der Waals surface area contributed by atoms with E-state index < -0.39 is 0 Å². The van der Waals surface area contributed by atoms with Crippen molar-refractivity contribution < 1.29 is 9.18 Å². The maximum absolute atomic E-state index is 12.7. The van der Waals surface area contributed by atoms with Gasteiger partial charge in [0.25, 0.3) is 0 Å². The SMILES string of the molecule is O=C(Cc1ccc(F)cc1)N1CCSCC1. The van der Waals surface area contributed by atoms with Crippen LogP contribution in [0.3, 0.4) is 0 Å². The summed E-state index contributed by atoms with van der Waals surface area (Å²) in [4.78, 5) is 13.8. The van der Waals surface area contributed by atoms with Crippen molar-refractivity contribution in [3.8, 4) is 0 Å². The molecule has 0 aliphatic carbocycles. The molecule has 0 saturated carbocycles. The fourth-order valence-corrected chi connectivity index (χ4v) is 2.60. The summed E-state index contributed by atoms with van der Waals surface area (Å²) in [5, 5.41) is 0. The van der Waals surface area contributed by atoms with Crippen LogP contribution in [0.5, 0.6) is 0 Å². The minimum absolute atomic E-state index is 0.145. The lowest BCUT2D eigenvalue weighted by molar-refractivity contribution is -0.130. The average Bonchev–Trinajstić information content (AvgIpc) is 2.33. The Morgan fingerprint density at radius 3 is 2.50 bits per heavy atom. The number of carbonyl (C=O) groups is 1. The Kier molecular flexibility index (Phi) is 3.83. The number of thioether (sulfide) groups is 1. The molecule has 2 nitrogen and oxygen atoms in total. The van der Waals surface area contributed by atoms with Crippen LogP contribution in [0.2, 0.25) is 0 Å². The van der Waals surface area contributed by atoms with Gasteiger partial charge >= 0.3 is 0 Å². The van der Waals surface area contributed by atoms with Crippen molar-refractivity contribution in [3.63, 3.8) is 0 Å². The largest absolute Gasteiger partial charge is 0.341 e. The first kappa shape index (κ1) is 11.5. The highest BCUT2D eigenvalue weighted by atomic mass is 32.2. The van der Waals surface area contributed by atoms with E-state index in [-0.39, 0.29) is 11.7 Å². The lowest BCUT2D eigenvalue weighted by Gasteiger charge is -2.26. The topological polar surface area (TPSA) is 20.3 Å². The van der Waals surface area contributed by atoms with Crippen LogP contribution in [0.25, 0.3) is 0 Å². The van der Waals surface area contributed by atoms with Crippen molar-refractivity contribution in [2.24, 2.45) is 0 Å². The lowest BCUT2D eigenvalue weighted by atomic mass is 10.1. The summed E-state index contributed by atoms with van der Waals surface area (Å²) in [6.07, 6.45) is 0.380. The van der Waals surface area contributed by atoms with E-state index in [0.29, 0.717) is 6.42 Å². The summed E-state index contributed by atoms with van der Waals surface area (Å²) in [6, 6.07) is 6.14. The molecule has 0 N–H and O–H groups in total. The first-order chi connectivity index (χ1) is 7.75. The van der Waals surface area contributed by atoms with Crippen LogP contribution in [-0.2, 0) is 11.2 Å². The highest BCUT2D eigenvalue weighted by molar-refractivity contribution is 7.99.